The molecule has 0 fully saturated rings. The van der Waals surface area contributed by atoms with Crippen molar-refractivity contribution in [3.05, 3.63) is 65.5 Å². The summed E-state index contributed by atoms with van der Waals surface area (Å²) >= 11 is 0. The number of hydrogen-bond acceptors (Lipinski definition) is 5. The van der Waals surface area contributed by atoms with Crippen LogP contribution in [0.2, 0.25) is 0 Å². The molecule has 0 aliphatic heterocycles. The van der Waals surface area contributed by atoms with Crippen LogP contribution in [-0.2, 0) is 11.3 Å². The lowest BCUT2D eigenvalue weighted by atomic mass is 10.1. The average molecular weight is 380 g/mol. The molecule has 3 rings (SSSR count). The third-order valence-corrected chi connectivity index (χ3v) is 4.26. The van der Waals surface area contributed by atoms with E-state index in [0.29, 0.717) is 22.4 Å². The first-order valence-corrected chi connectivity index (χ1v) is 8.66. The van der Waals surface area contributed by atoms with Crippen molar-refractivity contribution in [1.29, 1.82) is 0 Å². The maximum atomic E-state index is 12.3. The molecule has 0 saturated heterocycles. The molecule has 1 aromatic carbocycles. The molecule has 0 aliphatic rings. The fraction of sp³-hybridized carbons (Fsp3) is 0.200. The normalized spacial score (nSPS) is 11.8. The first-order valence-electron chi connectivity index (χ1n) is 8.66. The number of Topliss-reactive ketones (excluding diaryl/α,β-unsaturated/α-hetero) is 1. The summed E-state index contributed by atoms with van der Waals surface area (Å²) in [4.78, 5) is 35.0. The molecular formula is C20H20N4O4. The van der Waals surface area contributed by atoms with E-state index in [2.05, 4.69) is 10.4 Å². The lowest BCUT2D eigenvalue weighted by Crippen LogP contribution is -2.35. The number of ether oxygens (including phenoxy) is 1. The largest absolute Gasteiger partial charge is 0.481 e. The minimum absolute atomic E-state index is 0.0352. The first-order chi connectivity index (χ1) is 13.3. The van der Waals surface area contributed by atoms with Gasteiger partial charge in [-0.3, -0.25) is 14.4 Å². The van der Waals surface area contributed by atoms with Crippen molar-refractivity contribution in [1.82, 2.24) is 14.9 Å². The Hall–Kier alpha value is -3.68. The van der Waals surface area contributed by atoms with Crippen LogP contribution in [0.25, 0.3) is 5.52 Å². The fourth-order valence-corrected chi connectivity index (χ4v) is 2.68. The van der Waals surface area contributed by atoms with Crippen LogP contribution in [0.5, 0.6) is 5.75 Å². The van der Waals surface area contributed by atoms with Gasteiger partial charge in [-0.1, -0.05) is 0 Å². The number of hydrogen-bond donors (Lipinski definition) is 2. The molecule has 1 unspecified atom stereocenters. The van der Waals surface area contributed by atoms with Gasteiger partial charge in [0, 0.05) is 18.3 Å². The SMILES string of the molecule is CC(=O)c1ccc(OC(C)C(=O)NCc2ccn3ncc(C(N)=O)c3c2)cc1. The summed E-state index contributed by atoms with van der Waals surface area (Å²) in [5, 5.41) is 6.85. The number of nitrogens with one attached hydrogen (secondary N) is 1. The second-order valence-corrected chi connectivity index (χ2v) is 6.35. The Kier molecular flexibility index (Phi) is 5.39. The number of ketones is 1. The monoisotopic (exact) mass is 380 g/mol. The lowest BCUT2D eigenvalue weighted by molar-refractivity contribution is -0.127. The van der Waals surface area contributed by atoms with E-state index in [4.69, 9.17) is 10.5 Å². The molecular weight excluding hydrogens is 360 g/mol. The van der Waals surface area contributed by atoms with E-state index in [-0.39, 0.29) is 18.2 Å². The van der Waals surface area contributed by atoms with Crippen LogP contribution in [0.15, 0.2) is 48.8 Å². The summed E-state index contributed by atoms with van der Waals surface area (Å²) in [6.45, 7) is 3.38. The van der Waals surface area contributed by atoms with Crippen LogP contribution >= 0.6 is 0 Å². The van der Waals surface area contributed by atoms with Gasteiger partial charge in [-0.25, -0.2) is 4.52 Å². The number of fused-ring (bicyclic) bond motifs is 1. The van der Waals surface area contributed by atoms with Gasteiger partial charge in [-0.2, -0.15) is 5.10 Å². The number of amides is 2. The third kappa shape index (κ3) is 4.17. The Morgan fingerprint density at radius 1 is 1.21 bits per heavy atom. The lowest BCUT2D eigenvalue weighted by Gasteiger charge is -2.15. The molecule has 0 saturated carbocycles. The van der Waals surface area contributed by atoms with Gasteiger partial charge < -0.3 is 15.8 Å². The summed E-state index contributed by atoms with van der Waals surface area (Å²) in [5.74, 6) is -0.389. The number of nitrogens with two attached hydrogens (primary N) is 1. The first kappa shape index (κ1) is 19.1. The van der Waals surface area contributed by atoms with Gasteiger partial charge in [0.2, 0.25) is 0 Å². The molecule has 0 aliphatic carbocycles. The molecule has 2 heterocycles. The summed E-state index contributed by atoms with van der Waals surface area (Å²) in [6.07, 6.45) is 2.38. The number of benzene rings is 1. The van der Waals surface area contributed by atoms with E-state index in [1.807, 2.05) is 0 Å². The zero-order valence-corrected chi connectivity index (χ0v) is 15.5. The molecule has 8 nitrogen and oxygen atoms in total. The van der Waals surface area contributed by atoms with Crippen molar-refractivity contribution in [3.63, 3.8) is 0 Å². The predicted octanol–water partition coefficient (Wildman–Crippen LogP) is 1.72. The number of pyridine rings is 1. The van der Waals surface area contributed by atoms with Gasteiger partial charge >= 0.3 is 0 Å². The van der Waals surface area contributed by atoms with Crippen LogP contribution in [0, 0.1) is 0 Å². The molecule has 2 aromatic heterocycles. The smallest absolute Gasteiger partial charge is 0.261 e. The quantitative estimate of drug-likeness (QED) is 0.606. The average Bonchev–Trinajstić information content (AvgIpc) is 3.10. The molecule has 0 spiro atoms. The minimum Gasteiger partial charge on any atom is -0.481 e. The van der Waals surface area contributed by atoms with Crippen molar-refractivity contribution in [2.24, 2.45) is 5.73 Å². The van der Waals surface area contributed by atoms with Gasteiger partial charge in [0.25, 0.3) is 11.8 Å². The Morgan fingerprint density at radius 3 is 2.57 bits per heavy atom. The molecule has 3 aromatic rings. The maximum Gasteiger partial charge on any atom is 0.261 e. The highest BCUT2D eigenvalue weighted by atomic mass is 16.5. The van der Waals surface area contributed by atoms with Gasteiger partial charge in [-0.05, 0) is 55.8 Å². The summed E-state index contributed by atoms with van der Waals surface area (Å²) in [5.41, 5.74) is 7.61. The van der Waals surface area contributed by atoms with Gasteiger partial charge in [0.05, 0.1) is 17.3 Å². The zero-order chi connectivity index (χ0) is 20.3. The van der Waals surface area contributed by atoms with Crippen molar-refractivity contribution < 1.29 is 19.1 Å². The van der Waals surface area contributed by atoms with Gasteiger partial charge in [-0.15, -0.1) is 0 Å². The number of carbonyl (C=O) groups is 3. The van der Waals surface area contributed by atoms with E-state index >= 15 is 0 Å². The van der Waals surface area contributed by atoms with E-state index in [0.717, 1.165) is 5.56 Å². The highest BCUT2D eigenvalue weighted by molar-refractivity contribution is 5.99. The second kappa shape index (κ2) is 7.91. The molecule has 2 amide bonds. The molecule has 1 atom stereocenters. The topological polar surface area (TPSA) is 116 Å². The van der Waals surface area contributed by atoms with Crippen LogP contribution in [-0.4, -0.2) is 33.3 Å². The predicted molar refractivity (Wildman–Crippen MR) is 102 cm³/mol. The van der Waals surface area contributed by atoms with E-state index < -0.39 is 12.0 Å². The Bertz CT molecular complexity index is 1040. The summed E-state index contributed by atoms with van der Waals surface area (Å²) in [7, 11) is 0. The second-order valence-electron chi connectivity index (χ2n) is 6.35. The Morgan fingerprint density at radius 2 is 1.93 bits per heavy atom. The van der Waals surface area contributed by atoms with Crippen LogP contribution in [0.4, 0.5) is 0 Å². The Labute approximate surface area is 161 Å². The minimum atomic E-state index is -0.719. The van der Waals surface area contributed by atoms with Gasteiger partial charge in [0.1, 0.15) is 5.75 Å². The van der Waals surface area contributed by atoms with Gasteiger partial charge in [0.15, 0.2) is 11.9 Å². The van der Waals surface area contributed by atoms with E-state index in [1.54, 1.807) is 54.0 Å². The molecule has 28 heavy (non-hydrogen) atoms. The van der Waals surface area contributed by atoms with Crippen molar-refractivity contribution in [2.45, 2.75) is 26.5 Å². The van der Waals surface area contributed by atoms with Crippen molar-refractivity contribution in [3.8, 4) is 5.75 Å². The molecule has 0 bridgehead atoms. The highest BCUT2D eigenvalue weighted by Crippen LogP contribution is 2.15. The Balaban J connectivity index is 1.61. The molecule has 0 radical (unpaired) electrons. The van der Waals surface area contributed by atoms with Crippen LogP contribution in [0.1, 0.15) is 40.1 Å². The van der Waals surface area contributed by atoms with E-state index in [9.17, 15) is 14.4 Å². The summed E-state index contributed by atoms with van der Waals surface area (Å²) < 4.78 is 7.15. The van der Waals surface area contributed by atoms with Crippen LogP contribution in [0.3, 0.4) is 0 Å². The zero-order valence-electron chi connectivity index (χ0n) is 15.5. The van der Waals surface area contributed by atoms with Crippen LogP contribution < -0.4 is 15.8 Å². The number of carbonyl (C=O) groups excluding carboxylic acids is 3. The molecule has 144 valence electrons. The molecule has 3 N–H and O–H groups in total. The molecule has 8 heteroatoms. The standard InChI is InChI=1S/C20H20N4O4/c1-12(25)15-3-5-16(6-4-15)28-13(2)20(27)22-10-14-7-8-24-18(9-14)17(11-23-24)19(21)26/h3-9,11,13H,10H2,1-2H3,(H2,21,26)(H,22,27). The number of rotatable bonds is 7. The van der Waals surface area contributed by atoms with E-state index in [1.165, 1.54) is 13.1 Å². The number of aromatic nitrogens is 2. The maximum absolute atomic E-state index is 12.3. The van der Waals surface area contributed by atoms with Crippen molar-refractivity contribution in [2.75, 3.05) is 0 Å². The summed E-state index contributed by atoms with van der Waals surface area (Å²) in [6, 6.07) is 10.1. The fourth-order valence-electron chi connectivity index (χ4n) is 2.68. The number of primary amides is 1. The number of nitrogens with zero attached hydrogens (tertiary/aromatic N) is 2. The highest BCUT2D eigenvalue weighted by Gasteiger charge is 2.15. The third-order valence-electron chi connectivity index (χ3n) is 4.26. The van der Waals surface area contributed by atoms with Crippen molar-refractivity contribution >= 4 is 23.1 Å².